The summed E-state index contributed by atoms with van der Waals surface area (Å²) in [5, 5.41) is 14.1. The third-order valence-corrected chi connectivity index (χ3v) is 6.11. The third-order valence-electron chi connectivity index (χ3n) is 6.11. The van der Waals surface area contributed by atoms with Crippen molar-refractivity contribution in [2.24, 2.45) is 33.3 Å². The van der Waals surface area contributed by atoms with E-state index in [1.807, 2.05) is 43.2 Å². The number of amides is 1. The molecule has 0 radical (unpaired) electrons. The summed E-state index contributed by atoms with van der Waals surface area (Å²) >= 11 is 0. The minimum absolute atomic E-state index is 0.126. The van der Waals surface area contributed by atoms with E-state index in [1.54, 1.807) is 19.2 Å². The van der Waals surface area contributed by atoms with Crippen LogP contribution in [0.5, 0.6) is 0 Å². The highest BCUT2D eigenvalue weighted by molar-refractivity contribution is 5.97. The quantitative estimate of drug-likeness (QED) is 0.270. The van der Waals surface area contributed by atoms with E-state index in [0.717, 1.165) is 54.0 Å². The predicted octanol–water partition coefficient (Wildman–Crippen LogP) is 2.45. The van der Waals surface area contributed by atoms with E-state index in [9.17, 15) is 4.79 Å². The standard InChI is InChI=1S/C26H36N8O/c1-17(2)20(11-27)10-25(29)33-26-7-6-23-24(32-26)9-21(15-31-23)22(12-28)14-30-13-19-5-4-8-34(16-19)18(3)35/h6-7,9-12,14-15,17,19,27,31-32H,4-5,8,13,16,28H2,1-3H3,(H2,29,33). The molecule has 35 heavy (non-hydrogen) atoms. The third kappa shape index (κ3) is 7.05. The highest BCUT2D eigenvalue weighted by Gasteiger charge is 2.21. The highest BCUT2D eigenvalue weighted by Crippen LogP contribution is 2.23. The van der Waals surface area contributed by atoms with E-state index < -0.39 is 0 Å². The molecule has 9 heteroatoms. The molecule has 0 aromatic rings. The van der Waals surface area contributed by atoms with Gasteiger partial charge in [0, 0.05) is 62.5 Å². The maximum atomic E-state index is 11.7. The largest absolute Gasteiger partial charge is 0.404 e. The highest BCUT2D eigenvalue weighted by atomic mass is 16.2. The van der Waals surface area contributed by atoms with E-state index in [0.29, 0.717) is 24.1 Å². The van der Waals surface area contributed by atoms with E-state index in [2.05, 4.69) is 20.6 Å². The number of fused-ring (bicyclic) bond motifs is 1. The van der Waals surface area contributed by atoms with Gasteiger partial charge in [0.15, 0.2) is 0 Å². The van der Waals surface area contributed by atoms with Crippen molar-refractivity contribution >= 4 is 24.2 Å². The molecule has 1 saturated heterocycles. The van der Waals surface area contributed by atoms with Crippen LogP contribution in [0.3, 0.4) is 0 Å². The molecule has 0 saturated carbocycles. The van der Waals surface area contributed by atoms with Gasteiger partial charge in [-0.3, -0.25) is 9.79 Å². The molecule has 9 nitrogen and oxygen atoms in total. The minimum atomic E-state index is 0.126. The van der Waals surface area contributed by atoms with Crippen LogP contribution >= 0.6 is 0 Å². The van der Waals surface area contributed by atoms with Gasteiger partial charge in [0.25, 0.3) is 0 Å². The van der Waals surface area contributed by atoms with E-state index in [1.165, 1.54) is 12.4 Å². The Balaban J connectivity index is 1.66. The van der Waals surface area contributed by atoms with Gasteiger partial charge in [0.2, 0.25) is 5.91 Å². The molecule has 7 N–H and O–H groups in total. The van der Waals surface area contributed by atoms with Crippen molar-refractivity contribution in [2.75, 3.05) is 19.6 Å². The average Bonchev–Trinajstić information content (AvgIpc) is 2.84. The Morgan fingerprint density at radius 3 is 2.83 bits per heavy atom. The Bertz CT molecular complexity index is 1080. The molecule has 186 valence electrons. The summed E-state index contributed by atoms with van der Waals surface area (Å²) in [7, 11) is 0. The number of hydrogen-bond donors (Lipinski definition) is 5. The summed E-state index contributed by atoms with van der Waals surface area (Å²) in [5.74, 6) is 1.61. The van der Waals surface area contributed by atoms with Gasteiger partial charge in [-0.25, -0.2) is 4.99 Å². The zero-order valence-corrected chi connectivity index (χ0v) is 20.7. The molecular formula is C26H36N8O. The van der Waals surface area contributed by atoms with Crippen LogP contribution in [0.25, 0.3) is 0 Å². The van der Waals surface area contributed by atoms with Gasteiger partial charge >= 0.3 is 0 Å². The Labute approximate surface area is 207 Å². The number of amidine groups is 1. The second-order valence-corrected chi connectivity index (χ2v) is 9.13. The fraction of sp³-hybridized carbons (Fsp3) is 0.385. The van der Waals surface area contributed by atoms with Crippen LogP contribution in [-0.2, 0) is 4.79 Å². The van der Waals surface area contributed by atoms with Crippen LogP contribution in [0.15, 0.2) is 80.6 Å². The topological polar surface area (TPSA) is 145 Å². The summed E-state index contributed by atoms with van der Waals surface area (Å²) in [4.78, 5) is 22.6. The van der Waals surface area contributed by atoms with E-state index in [4.69, 9.17) is 16.9 Å². The smallest absolute Gasteiger partial charge is 0.219 e. The van der Waals surface area contributed by atoms with Gasteiger partial charge in [-0.05, 0) is 54.6 Å². The van der Waals surface area contributed by atoms with Gasteiger partial charge in [-0.1, -0.05) is 13.8 Å². The number of piperidine rings is 1. The first kappa shape index (κ1) is 25.7. The van der Waals surface area contributed by atoms with Crippen molar-refractivity contribution in [1.29, 1.82) is 5.41 Å². The van der Waals surface area contributed by atoms with Crippen molar-refractivity contribution in [3.05, 3.63) is 70.6 Å². The van der Waals surface area contributed by atoms with Crippen LogP contribution in [0, 0.1) is 17.2 Å². The van der Waals surface area contributed by atoms with Gasteiger partial charge in [-0.15, -0.1) is 0 Å². The number of nitrogens with zero attached hydrogens (tertiary/aromatic N) is 3. The van der Waals surface area contributed by atoms with Crippen LogP contribution in [0.1, 0.15) is 33.6 Å². The molecule has 0 aromatic heterocycles. The second kappa shape index (κ2) is 12.0. The molecule has 0 aromatic carbocycles. The Morgan fingerprint density at radius 2 is 2.14 bits per heavy atom. The normalized spacial score (nSPS) is 21.4. The molecular weight excluding hydrogens is 440 g/mol. The van der Waals surface area contributed by atoms with E-state index >= 15 is 0 Å². The number of hydrogen-bond acceptors (Lipinski definition) is 7. The van der Waals surface area contributed by atoms with Gasteiger partial charge < -0.3 is 32.4 Å². The number of rotatable bonds is 8. The summed E-state index contributed by atoms with van der Waals surface area (Å²) in [6.07, 6.45) is 16.1. The van der Waals surface area contributed by atoms with Crippen LogP contribution in [0.2, 0.25) is 0 Å². The fourth-order valence-electron chi connectivity index (χ4n) is 4.05. The van der Waals surface area contributed by atoms with Gasteiger partial charge in [0.1, 0.15) is 11.7 Å². The summed E-state index contributed by atoms with van der Waals surface area (Å²) in [6.45, 7) is 7.88. The number of aliphatic imine (C=N–C) groups is 2. The number of carbonyl (C=O) groups excluding carboxylic acids is 1. The molecule has 3 aliphatic heterocycles. The monoisotopic (exact) mass is 476 g/mol. The van der Waals surface area contributed by atoms with E-state index in [-0.39, 0.29) is 11.8 Å². The number of carbonyl (C=O) groups is 1. The molecule has 1 atom stereocenters. The number of allylic oxidation sites excluding steroid dienone is 6. The van der Waals surface area contributed by atoms with Crippen molar-refractivity contribution in [2.45, 2.75) is 33.6 Å². The lowest BCUT2D eigenvalue weighted by atomic mass is 9.98. The molecule has 1 fully saturated rings. The molecule has 0 bridgehead atoms. The number of nitrogens with one attached hydrogen (secondary N) is 3. The maximum absolute atomic E-state index is 11.7. The molecule has 1 amide bonds. The molecule has 0 spiro atoms. The predicted molar refractivity (Wildman–Crippen MR) is 143 cm³/mol. The molecule has 1 unspecified atom stereocenters. The summed E-state index contributed by atoms with van der Waals surface area (Å²) < 4.78 is 0. The lowest BCUT2D eigenvalue weighted by molar-refractivity contribution is -0.130. The van der Waals surface area contributed by atoms with Gasteiger partial charge in [0.05, 0.1) is 11.4 Å². The van der Waals surface area contributed by atoms with Crippen LogP contribution in [-0.4, -0.2) is 48.7 Å². The fourth-order valence-corrected chi connectivity index (χ4v) is 4.05. The van der Waals surface area contributed by atoms with Crippen LogP contribution in [0.4, 0.5) is 0 Å². The minimum Gasteiger partial charge on any atom is -0.404 e. The Morgan fingerprint density at radius 1 is 1.34 bits per heavy atom. The van der Waals surface area contributed by atoms with Gasteiger partial charge in [-0.2, -0.15) is 0 Å². The Hall–Kier alpha value is -3.88. The summed E-state index contributed by atoms with van der Waals surface area (Å²) in [5.41, 5.74) is 16.2. The molecule has 3 heterocycles. The second-order valence-electron chi connectivity index (χ2n) is 9.13. The Kier molecular flexibility index (Phi) is 8.83. The number of likely N-dealkylation sites (tertiary alicyclic amines) is 1. The van der Waals surface area contributed by atoms with Crippen LogP contribution < -0.4 is 22.1 Å². The van der Waals surface area contributed by atoms with Crippen molar-refractivity contribution < 1.29 is 4.79 Å². The number of dihydropyridines is 2. The maximum Gasteiger partial charge on any atom is 0.219 e. The molecule has 3 aliphatic rings. The first-order valence-electron chi connectivity index (χ1n) is 11.9. The van der Waals surface area contributed by atoms with Crippen molar-refractivity contribution in [3.63, 3.8) is 0 Å². The lowest BCUT2D eigenvalue weighted by Crippen LogP contribution is -2.39. The number of nitrogens with two attached hydrogens (primary N) is 2. The summed E-state index contributed by atoms with van der Waals surface area (Å²) in [6, 6.07) is 0. The molecule has 3 rings (SSSR count). The first-order chi connectivity index (χ1) is 16.8. The van der Waals surface area contributed by atoms with Crippen molar-refractivity contribution in [3.8, 4) is 0 Å². The zero-order valence-electron chi connectivity index (χ0n) is 20.7. The van der Waals surface area contributed by atoms with Crippen molar-refractivity contribution in [1.82, 2.24) is 15.5 Å². The molecule has 0 aliphatic carbocycles. The SMILES string of the molecule is CC(=O)N1CCCC(CN=CC(=CN)C2=CNC3=CC=C(N=C(N)C=C(C=N)C(C)C)NC3=C2)C1. The average molecular weight is 477 g/mol. The zero-order chi connectivity index (χ0) is 25.4. The first-order valence-corrected chi connectivity index (χ1v) is 11.9. The lowest BCUT2D eigenvalue weighted by Gasteiger charge is -2.31.